The van der Waals surface area contributed by atoms with Gasteiger partial charge in [0, 0.05) is 12.1 Å². The number of carbonyl (C=O) groups is 1. The number of carbonyl (C=O) groups excluding carboxylic acids is 1. The van der Waals surface area contributed by atoms with Crippen molar-refractivity contribution >= 4 is 18.3 Å². The third-order valence-corrected chi connectivity index (χ3v) is 3.82. The monoisotopic (exact) mass is 300 g/mol. The van der Waals surface area contributed by atoms with Gasteiger partial charge in [-0.25, -0.2) is 4.39 Å². The lowest BCUT2D eigenvalue weighted by Crippen LogP contribution is -2.51. The van der Waals surface area contributed by atoms with E-state index in [0.29, 0.717) is 6.54 Å². The zero-order valence-electron chi connectivity index (χ0n) is 11.7. The van der Waals surface area contributed by atoms with Crippen LogP contribution < -0.4 is 11.1 Å². The molecular weight excluding hydrogens is 279 g/mol. The van der Waals surface area contributed by atoms with Crippen LogP contribution in [0.25, 0.3) is 0 Å². The van der Waals surface area contributed by atoms with Gasteiger partial charge in [-0.3, -0.25) is 4.79 Å². The van der Waals surface area contributed by atoms with E-state index < -0.39 is 5.82 Å². The fourth-order valence-electron chi connectivity index (χ4n) is 2.60. The Morgan fingerprint density at radius 3 is 2.65 bits per heavy atom. The standard InChI is InChI=1S/C15H21FN2O.ClH/c1-11-5-6-13(16)12(9-11)14(19)18-10-15(17)7-3-2-4-8-15;/h5-6,9H,2-4,7-8,10,17H2,1H3,(H,18,19);1H. The topological polar surface area (TPSA) is 55.1 Å². The number of hydrogen-bond donors (Lipinski definition) is 2. The van der Waals surface area contributed by atoms with Gasteiger partial charge in [0.15, 0.2) is 0 Å². The van der Waals surface area contributed by atoms with Crippen LogP contribution in [0.1, 0.15) is 48.0 Å². The highest BCUT2D eigenvalue weighted by Crippen LogP contribution is 2.25. The minimum atomic E-state index is -0.488. The van der Waals surface area contributed by atoms with Crippen molar-refractivity contribution in [2.24, 2.45) is 5.73 Å². The number of benzene rings is 1. The van der Waals surface area contributed by atoms with Crippen molar-refractivity contribution in [3.05, 3.63) is 35.1 Å². The average Bonchev–Trinajstić information content (AvgIpc) is 2.40. The normalized spacial score (nSPS) is 17.1. The van der Waals surface area contributed by atoms with Crippen LogP contribution in [0.5, 0.6) is 0 Å². The van der Waals surface area contributed by atoms with Crippen LogP contribution >= 0.6 is 12.4 Å². The van der Waals surface area contributed by atoms with Gasteiger partial charge in [-0.1, -0.05) is 30.9 Å². The van der Waals surface area contributed by atoms with Crippen LogP contribution in [0, 0.1) is 12.7 Å². The van der Waals surface area contributed by atoms with E-state index >= 15 is 0 Å². The molecule has 0 unspecified atom stereocenters. The van der Waals surface area contributed by atoms with Gasteiger partial charge < -0.3 is 11.1 Å². The molecular formula is C15H22ClFN2O. The van der Waals surface area contributed by atoms with Crippen LogP contribution in [-0.4, -0.2) is 18.0 Å². The molecule has 0 atom stereocenters. The first kappa shape index (κ1) is 16.9. The molecule has 1 aliphatic carbocycles. The third kappa shape index (κ3) is 4.18. The summed E-state index contributed by atoms with van der Waals surface area (Å²) >= 11 is 0. The molecule has 1 aromatic carbocycles. The summed E-state index contributed by atoms with van der Waals surface area (Å²) in [5.74, 6) is -0.866. The molecule has 0 heterocycles. The van der Waals surface area contributed by atoms with Crippen LogP contribution in [-0.2, 0) is 0 Å². The number of aryl methyl sites for hydroxylation is 1. The Morgan fingerprint density at radius 2 is 2.00 bits per heavy atom. The SMILES string of the molecule is Cc1ccc(F)c(C(=O)NCC2(N)CCCCC2)c1.Cl. The lowest BCUT2D eigenvalue weighted by atomic mass is 9.82. The average molecular weight is 301 g/mol. The fourth-order valence-corrected chi connectivity index (χ4v) is 2.60. The van der Waals surface area contributed by atoms with Crippen LogP contribution in [0.3, 0.4) is 0 Å². The second-order valence-corrected chi connectivity index (χ2v) is 5.59. The van der Waals surface area contributed by atoms with Gasteiger partial charge >= 0.3 is 0 Å². The van der Waals surface area contributed by atoms with Gasteiger partial charge in [0.25, 0.3) is 5.91 Å². The van der Waals surface area contributed by atoms with Gasteiger partial charge in [-0.15, -0.1) is 12.4 Å². The second-order valence-electron chi connectivity index (χ2n) is 5.59. The first-order valence-electron chi connectivity index (χ1n) is 6.83. The zero-order chi connectivity index (χ0) is 13.9. The van der Waals surface area contributed by atoms with Crippen molar-refractivity contribution in [1.82, 2.24) is 5.32 Å². The summed E-state index contributed by atoms with van der Waals surface area (Å²) in [6.45, 7) is 2.25. The Balaban J connectivity index is 0.00000200. The highest BCUT2D eigenvalue weighted by atomic mass is 35.5. The van der Waals surface area contributed by atoms with E-state index in [2.05, 4.69) is 5.32 Å². The van der Waals surface area contributed by atoms with Gasteiger partial charge in [0.1, 0.15) is 5.82 Å². The molecule has 0 bridgehead atoms. The molecule has 3 nitrogen and oxygen atoms in total. The van der Waals surface area contributed by atoms with E-state index in [1.807, 2.05) is 6.92 Å². The van der Waals surface area contributed by atoms with Crippen LogP contribution in [0.15, 0.2) is 18.2 Å². The highest BCUT2D eigenvalue weighted by Gasteiger charge is 2.28. The predicted molar refractivity (Wildman–Crippen MR) is 80.7 cm³/mol. The molecule has 0 saturated heterocycles. The minimum Gasteiger partial charge on any atom is -0.350 e. The van der Waals surface area contributed by atoms with E-state index in [1.165, 1.54) is 12.5 Å². The van der Waals surface area contributed by atoms with Crippen molar-refractivity contribution < 1.29 is 9.18 Å². The minimum absolute atomic E-state index is 0. The maximum Gasteiger partial charge on any atom is 0.254 e. The van der Waals surface area contributed by atoms with Gasteiger partial charge in [0.05, 0.1) is 5.56 Å². The van der Waals surface area contributed by atoms with E-state index in [-0.39, 0.29) is 29.4 Å². The molecule has 1 fully saturated rings. The summed E-state index contributed by atoms with van der Waals surface area (Å²) in [5.41, 5.74) is 6.88. The van der Waals surface area contributed by atoms with E-state index in [1.54, 1.807) is 12.1 Å². The van der Waals surface area contributed by atoms with Gasteiger partial charge in [0.2, 0.25) is 0 Å². The molecule has 1 saturated carbocycles. The summed E-state index contributed by atoms with van der Waals surface area (Å²) in [4.78, 5) is 12.0. The summed E-state index contributed by atoms with van der Waals surface area (Å²) in [5, 5.41) is 2.77. The van der Waals surface area contributed by atoms with Crippen LogP contribution in [0.2, 0.25) is 0 Å². The van der Waals surface area contributed by atoms with E-state index in [0.717, 1.165) is 31.2 Å². The molecule has 0 spiro atoms. The molecule has 2 rings (SSSR count). The number of amides is 1. The first-order valence-corrected chi connectivity index (χ1v) is 6.83. The molecule has 1 aromatic rings. The third-order valence-electron chi connectivity index (χ3n) is 3.82. The molecule has 0 radical (unpaired) electrons. The first-order chi connectivity index (χ1) is 9.00. The summed E-state index contributed by atoms with van der Waals surface area (Å²) < 4.78 is 13.6. The highest BCUT2D eigenvalue weighted by molar-refractivity contribution is 5.94. The largest absolute Gasteiger partial charge is 0.350 e. The Labute approximate surface area is 125 Å². The molecule has 20 heavy (non-hydrogen) atoms. The molecule has 0 aliphatic heterocycles. The zero-order valence-corrected chi connectivity index (χ0v) is 12.6. The molecule has 5 heteroatoms. The molecule has 1 amide bonds. The van der Waals surface area contributed by atoms with Crippen molar-refractivity contribution in [3.8, 4) is 0 Å². The molecule has 112 valence electrons. The lowest BCUT2D eigenvalue weighted by molar-refractivity contribution is 0.0933. The van der Waals surface area contributed by atoms with Crippen molar-refractivity contribution in [1.29, 1.82) is 0 Å². The number of nitrogens with one attached hydrogen (secondary N) is 1. The smallest absolute Gasteiger partial charge is 0.254 e. The van der Waals surface area contributed by atoms with Gasteiger partial charge in [-0.05, 0) is 31.9 Å². The molecule has 3 N–H and O–H groups in total. The Hall–Kier alpha value is -1.13. The lowest BCUT2D eigenvalue weighted by Gasteiger charge is -2.33. The van der Waals surface area contributed by atoms with Crippen molar-refractivity contribution in [2.45, 2.75) is 44.6 Å². The van der Waals surface area contributed by atoms with E-state index in [9.17, 15) is 9.18 Å². The molecule has 1 aliphatic rings. The Bertz CT molecular complexity index is 473. The molecule has 0 aromatic heterocycles. The fraction of sp³-hybridized carbons (Fsp3) is 0.533. The number of hydrogen-bond acceptors (Lipinski definition) is 2. The quantitative estimate of drug-likeness (QED) is 0.902. The predicted octanol–water partition coefficient (Wildman–Crippen LogP) is 2.95. The van der Waals surface area contributed by atoms with Gasteiger partial charge in [-0.2, -0.15) is 0 Å². The summed E-state index contributed by atoms with van der Waals surface area (Å²) in [7, 11) is 0. The summed E-state index contributed by atoms with van der Waals surface area (Å²) in [6, 6.07) is 4.54. The van der Waals surface area contributed by atoms with Crippen LogP contribution in [0.4, 0.5) is 4.39 Å². The van der Waals surface area contributed by atoms with Crippen molar-refractivity contribution in [2.75, 3.05) is 6.54 Å². The Kier molecular flexibility index (Phi) is 5.96. The number of rotatable bonds is 3. The number of nitrogens with two attached hydrogens (primary N) is 1. The van der Waals surface area contributed by atoms with E-state index in [4.69, 9.17) is 5.73 Å². The summed E-state index contributed by atoms with van der Waals surface area (Å²) in [6.07, 6.45) is 5.25. The number of halogens is 2. The second kappa shape index (κ2) is 7.04. The maximum absolute atomic E-state index is 13.6. The van der Waals surface area contributed by atoms with Crippen molar-refractivity contribution in [3.63, 3.8) is 0 Å². The Morgan fingerprint density at radius 1 is 1.35 bits per heavy atom. The maximum atomic E-state index is 13.6.